The molecule has 0 amide bonds. The number of hydrogen-bond acceptors (Lipinski definition) is 4. The molecule has 0 saturated heterocycles. The van der Waals surface area contributed by atoms with Crippen molar-refractivity contribution >= 4 is 5.69 Å². The first kappa shape index (κ1) is 18.3. The van der Waals surface area contributed by atoms with Gasteiger partial charge in [0.05, 0.1) is 12.3 Å². The summed E-state index contributed by atoms with van der Waals surface area (Å²) in [5, 5.41) is 11.5. The summed E-state index contributed by atoms with van der Waals surface area (Å²) in [5.41, 5.74) is 2.19. The molecule has 0 radical (unpaired) electrons. The van der Waals surface area contributed by atoms with Crippen molar-refractivity contribution in [1.29, 1.82) is 0 Å². The van der Waals surface area contributed by atoms with E-state index in [4.69, 9.17) is 4.74 Å². The van der Waals surface area contributed by atoms with Crippen molar-refractivity contribution in [2.24, 2.45) is 5.92 Å². The number of aromatic nitrogens is 3. The summed E-state index contributed by atoms with van der Waals surface area (Å²) >= 11 is 0. The highest BCUT2D eigenvalue weighted by atomic mass is 16.5. The van der Waals surface area contributed by atoms with Gasteiger partial charge in [0.25, 0.3) is 0 Å². The number of rotatable bonds is 11. The van der Waals surface area contributed by atoms with E-state index in [9.17, 15) is 0 Å². The molecular weight excluding hydrogens is 300 g/mol. The summed E-state index contributed by atoms with van der Waals surface area (Å²) in [7, 11) is 1.91. The van der Waals surface area contributed by atoms with Gasteiger partial charge in [-0.05, 0) is 43.0 Å². The van der Waals surface area contributed by atoms with Crippen molar-refractivity contribution < 1.29 is 4.74 Å². The molecule has 0 saturated carbocycles. The van der Waals surface area contributed by atoms with Gasteiger partial charge in [-0.2, -0.15) is 0 Å². The number of nitrogens with one attached hydrogen (secondary N) is 1. The second-order valence-electron chi connectivity index (χ2n) is 6.59. The van der Waals surface area contributed by atoms with Crippen LogP contribution in [-0.4, -0.2) is 28.6 Å². The van der Waals surface area contributed by atoms with Crippen LogP contribution in [0.15, 0.2) is 30.5 Å². The highest BCUT2D eigenvalue weighted by Crippen LogP contribution is 2.15. The van der Waals surface area contributed by atoms with Crippen LogP contribution >= 0.6 is 0 Å². The molecule has 0 aliphatic heterocycles. The standard InChI is InChI=1S/C19H30N4O/c1-16(2)7-4-5-8-18-15-23(22-21-18)13-6-14-24-19-11-9-17(20-3)10-12-19/h9-12,15-16,20H,4-8,13-14H2,1-3H3. The Labute approximate surface area is 145 Å². The highest BCUT2D eigenvalue weighted by molar-refractivity contribution is 5.45. The fourth-order valence-electron chi connectivity index (χ4n) is 2.56. The minimum absolute atomic E-state index is 0.683. The summed E-state index contributed by atoms with van der Waals surface area (Å²) in [6, 6.07) is 7.99. The van der Waals surface area contributed by atoms with Gasteiger partial charge >= 0.3 is 0 Å². The first-order valence-corrected chi connectivity index (χ1v) is 8.97. The molecule has 5 heteroatoms. The van der Waals surface area contributed by atoms with E-state index >= 15 is 0 Å². The molecule has 1 aromatic carbocycles. The Morgan fingerprint density at radius 1 is 1.12 bits per heavy atom. The molecule has 24 heavy (non-hydrogen) atoms. The third-order valence-electron chi connectivity index (χ3n) is 3.99. The maximum Gasteiger partial charge on any atom is 0.119 e. The fraction of sp³-hybridized carbons (Fsp3) is 0.579. The molecular formula is C19H30N4O. The average Bonchev–Trinajstić information content (AvgIpc) is 3.04. The molecule has 5 nitrogen and oxygen atoms in total. The third kappa shape index (κ3) is 6.60. The summed E-state index contributed by atoms with van der Waals surface area (Å²) in [4.78, 5) is 0. The lowest BCUT2D eigenvalue weighted by atomic mass is 10.0. The smallest absolute Gasteiger partial charge is 0.119 e. The Hall–Kier alpha value is -2.04. The van der Waals surface area contributed by atoms with Crippen LogP contribution in [0.3, 0.4) is 0 Å². The molecule has 2 aromatic rings. The van der Waals surface area contributed by atoms with Gasteiger partial charge in [-0.25, -0.2) is 0 Å². The van der Waals surface area contributed by atoms with Crippen LogP contribution < -0.4 is 10.1 Å². The van der Waals surface area contributed by atoms with Crippen LogP contribution in [0.4, 0.5) is 5.69 Å². The van der Waals surface area contributed by atoms with Crippen molar-refractivity contribution in [2.45, 2.75) is 52.5 Å². The maximum absolute atomic E-state index is 5.75. The van der Waals surface area contributed by atoms with E-state index in [0.29, 0.717) is 6.61 Å². The van der Waals surface area contributed by atoms with Crippen LogP contribution in [0.25, 0.3) is 0 Å². The van der Waals surface area contributed by atoms with Crippen LogP contribution in [0.2, 0.25) is 0 Å². The normalized spacial score (nSPS) is 11.0. The Kier molecular flexibility index (Phi) is 7.59. The van der Waals surface area contributed by atoms with Gasteiger partial charge < -0.3 is 10.1 Å². The molecule has 0 fully saturated rings. The minimum Gasteiger partial charge on any atom is -0.494 e. The summed E-state index contributed by atoms with van der Waals surface area (Å²) in [5.74, 6) is 1.69. The van der Waals surface area contributed by atoms with Crippen molar-refractivity contribution in [3.8, 4) is 5.75 Å². The van der Waals surface area contributed by atoms with Gasteiger partial charge in [0, 0.05) is 31.9 Å². The number of benzene rings is 1. The Balaban J connectivity index is 1.62. The second-order valence-corrected chi connectivity index (χ2v) is 6.59. The van der Waals surface area contributed by atoms with Crippen LogP contribution in [0, 0.1) is 5.92 Å². The molecule has 0 atom stereocenters. The van der Waals surface area contributed by atoms with Gasteiger partial charge in [-0.15, -0.1) is 5.10 Å². The molecule has 0 bridgehead atoms. The monoisotopic (exact) mass is 330 g/mol. The zero-order chi connectivity index (χ0) is 17.2. The van der Waals surface area contributed by atoms with Crippen molar-refractivity contribution in [1.82, 2.24) is 15.0 Å². The van der Waals surface area contributed by atoms with E-state index < -0.39 is 0 Å². The summed E-state index contributed by atoms with van der Waals surface area (Å²) < 4.78 is 7.67. The van der Waals surface area contributed by atoms with E-state index in [1.165, 1.54) is 19.3 Å². The number of hydrogen-bond donors (Lipinski definition) is 1. The predicted octanol–water partition coefficient (Wildman–Crippen LogP) is 4.16. The lowest BCUT2D eigenvalue weighted by molar-refractivity contribution is 0.298. The molecule has 132 valence electrons. The molecule has 0 aliphatic carbocycles. The first-order chi connectivity index (χ1) is 11.7. The zero-order valence-electron chi connectivity index (χ0n) is 15.2. The third-order valence-corrected chi connectivity index (χ3v) is 3.99. The molecule has 1 heterocycles. The summed E-state index contributed by atoms with van der Waals surface area (Å²) in [6.45, 7) is 6.07. The molecule has 0 spiro atoms. The number of nitrogens with zero attached hydrogens (tertiary/aromatic N) is 3. The van der Waals surface area contributed by atoms with Crippen LogP contribution in [-0.2, 0) is 13.0 Å². The van der Waals surface area contributed by atoms with Crippen molar-refractivity contribution in [3.05, 3.63) is 36.2 Å². The number of unbranched alkanes of at least 4 members (excludes halogenated alkanes) is 1. The fourth-order valence-corrected chi connectivity index (χ4v) is 2.56. The Morgan fingerprint density at radius 2 is 1.92 bits per heavy atom. The topological polar surface area (TPSA) is 52.0 Å². The molecule has 1 aromatic heterocycles. The van der Waals surface area contributed by atoms with Gasteiger partial charge in [0.2, 0.25) is 0 Å². The number of aryl methyl sites for hydroxylation is 2. The average molecular weight is 330 g/mol. The predicted molar refractivity (Wildman–Crippen MR) is 98.5 cm³/mol. The van der Waals surface area contributed by atoms with E-state index in [1.54, 1.807) is 0 Å². The van der Waals surface area contributed by atoms with Gasteiger partial charge in [0.1, 0.15) is 5.75 Å². The molecule has 2 rings (SSSR count). The highest BCUT2D eigenvalue weighted by Gasteiger charge is 2.02. The van der Waals surface area contributed by atoms with E-state index in [2.05, 4.69) is 35.7 Å². The first-order valence-electron chi connectivity index (χ1n) is 8.97. The zero-order valence-corrected chi connectivity index (χ0v) is 15.2. The second kappa shape index (κ2) is 9.96. The van der Waals surface area contributed by atoms with E-state index in [1.807, 2.05) is 36.0 Å². The largest absolute Gasteiger partial charge is 0.494 e. The Morgan fingerprint density at radius 3 is 2.62 bits per heavy atom. The Bertz CT molecular complexity index is 577. The summed E-state index contributed by atoms with van der Waals surface area (Å²) in [6.07, 6.45) is 7.77. The lowest BCUT2D eigenvalue weighted by Crippen LogP contribution is -2.05. The van der Waals surface area contributed by atoms with Gasteiger partial charge in [-0.3, -0.25) is 4.68 Å². The molecule has 0 aliphatic rings. The van der Waals surface area contributed by atoms with Gasteiger partial charge in [-0.1, -0.05) is 31.9 Å². The van der Waals surface area contributed by atoms with E-state index in [0.717, 1.165) is 42.4 Å². The number of anilines is 1. The molecule has 1 N–H and O–H groups in total. The lowest BCUT2D eigenvalue weighted by Gasteiger charge is -2.07. The maximum atomic E-state index is 5.75. The van der Waals surface area contributed by atoms with Gasteiger partial charge in [0.15, 0.2) is 0 Å². The van der Waals surface area contributed by atoms with Crippen LogP contribution in [0.5, 0.6) is 5.75 Å². The number of ether oxygens (including phenoxy) is 1. The van der Waals surface area contributed by atoms with E-state index in [-0.39, 0.29) is 0 Å². The quantitative estimate of drug-likeness (QED) is 0.629. The van der Waals surface area contributed by atoms with Crippen molar-refractivity contribution in [3.63, 3.8) is 0 Å². The minimum atomic E-state index is 0.683. The SMILES string of the molecule is CNc1ccc(OCCCn2cc(CCCCC(C)C)nn2)cc1. The molecule has 0 unspecified atom stereocenters. The van der Waals surface area contributed by atoms with Crippen molar-refractivity contribution in [2.75, 3.05) is 19.0 Å². The van der Waals surface area contributed by atoms with Crippen LogP contribution in [0.1, 0.15) is 45.2 Å².